The van der Waals surface area contributed by atoms with Crippen LogP contribution in [0.25, 0.3) is 0 Å². The van der Waals surface area contributed by atoms with E-state index in [2.05, 4.69) is 33.8 Å². The molecule has 0 radical (unpaired) electrons. The van der Waals surface area contributed by atoms with Gasteiger partial charge in [0.05, 0.1) is 12.5 Å². The smallest absolute Gasteiger partial charge is 0.311 e. The maximum Gasteiger partial charge on any atom is 0.311 e. The van der Waals surface area contributed by atoms with E-state index in [1.54, 1.807) is 0 Å². The summed E-state index contributed by atoms with van der Waals surface area (Å²) in [6.07, 6.45) is 9.47. The first-order chi connectivity index (χ1) is 16.0. The molecular weight excluding hydrogens is 428 g/mol. The van der Waals surface area contributed by atoms with E-state index in [0.29, 0.717) is 30.5 Å². The second kappa shape index (κ2) is 7.93. The Kier molecular flexibility index (Phi) is 5.61. The number of ether oxygens (including phenoxy) is 2. The summed E-state index contributed by atoms with van der Waals surface area (Å²) < 4.78 is 11.2. The lowest BCUT2D eigenvalue weighted by molar-refractivity contribution is -0.213. The lowest BCUT2D eigenvalue weighted by Gasteiger charge is -2.70. The van der Waals surface area contributed by atoms with Crippen LogP contribution in [0.1, 0.15) is 86.0 Å². The molecule has 6 rings (SSSR count). The van der Waals surface area contributed by atoms with Crippen molar-refractivity contribution in [2.24, 2.45) is 51.8 Å². The number of methoxy groups -OCH3 is 1. The number of hydrogen-bond donors (Lipinski definition) is 0. The zero-order valence-electron chi connectivity index (χ0n) is 21.8. The molecule has 0 amide bonds. The summed E-state index contributed by atoms with van der Waals surface area (Å²) in [6.45, 7) is 10.6. The van der Waals surface area contributed by atoms with Gasteiger partial charge >= 0.3 is 11.9 Å². The zero-order valence-corrected chi connectivity index (χ0v) is 21.8. The van der Waals surface area contributed by atoms with Crippen LogP contribution in [0.3, 0.4) is 0 Å². The Hall–Kier alpha value is -1.65. The third-order valence-corrected chi connectivity index (χ3v) is 11.2. The molecule has 0 heterocycles. The van der Waals surface area contributed by atoms with E-state index >= 15 is 0 Å². The van der Waals surface area contributed by atoms with Crippen molar-refractivity contribution in [3.8, 4) is 0 Å². The Balaban J connectivity index is 1.63. The minimum Gasteiger partial charge on any atom is -0.469 e. The number of carbonyl (C=O) groups excluding carboxylic acids is 3. The molecule has 2 bridgehead atoms. The Morgan fingerprint density at radius 3 is 2.47 bits per heavy atom. The Labute approximate surface area is 204 Å². The van der Waals surface area contributed by atoms with E-state index in [1.807, 2.05) is 0 Å². The number of esters is 2. The maximum absolute atomic E-state index is 13.7. The van der Waals surface area contributed by atoms with Gasteiger partial charge < -0.3 is 9.47 Å². The van der Waals surface area contributed by atoms with Gasteiger partial charge in [0.1, 0.15) is 11.9 Å². The van der Waals surface area contributed by atoms with Gasteiger partial charge in [0.25, 0.3) is 0 Å². The van der Waals surface area contributed by atoms with Crippen molar-refractivity contribution in [3.05, 3.63) is 11.6 Å². The Bertz CT molecular complexity index is 935. The molecule has 0 aromatic heterocycles. The van der Waals surface area contributed by atoms with Crippen molar-refractivity contribution >= 4 is 17.7 Å². The first kappa shape index (κ1) is 24.1. The van der Waals surface area contributed by atoms with Crippen LogP contribution in [-0.2, 0) is 23.9 Å². The average molecular weight is 471 g/mol. The highest BCUT2D eigenvalue weighted by Crippen LogP contribution is 2.74. The van der Waals surface area contributed by atoms with Crippen molar-refractivity contribution in [2.75, 3.05) is 7.11 Å². The molecule has 188 valence electrons. The van der Waals surface area contributed by atoms with Crippen LogP contribution in [-0.4, -0.2) is 30.9 Å². The van der Waals surface area contributed by atoms with Gasteiger partial charge in [-0.1, -0.05) is 38.8 Å². The number of allylic oxidation sites excluding steroid dienone is 2. The van der Waals surface area contributed by atoms with Crippen LogP contribution in [0.5, 0.6) is 0 Å². The molecule has 9 atom stereocenters. The summed E-state index contributed by atoms with van der Waals surface area (Å²) in [5.41, 5.74) is 0.823. The Morgan fingerprint density at radius 1 is 1.09 bits per heavy atom. The zero-order chi connectivity index (χ0) is 24.6. The molecule has 0 aromatic carbocycles. The summed E-state index contributed by atoms with van der Waals surface area (Å²) in [7, 11) is 1.52. The third kappa shape index (κ3) is 3.07. The largest absolute Gasteiger partial charge is 0.469 e. The number of hydrogen-bond acceptors (Lipinski definition) is 5. The molecule has 5 nitrogen and oxygen atoms in total. The summed E-state index contributed by atoms with van der Waals surface area (Å²) in [4.78, 5) is 38.7. The predicted molar refractivity (Wildman–Crippen MR) is 129 cm³/mol. The first-order valence-electron chi connectivity index (χ1n) is 13.5. The van der Waals surface area contributed by atoms with Crippen LogP contribution in [0.4, 0.5) is 0 Å². The van der Waals surface area contributed by atoms with Gasteiger partial charge in [-0.2, -0.15) is 0 Å². The van der Waals surface area contributed by atoms with Crippen molar-refractivity contribution in [3.63, 3.8) is 0 Å². The molecule has 6 aliphatic carbocycles. The van der Waals surface area contributed by atoms with Crippen molar-refractivity contribution in [1.29, 1.82) is 0 Å². The number of carbonyl (C=O) groups is 3. The lowest BCUT2D eigenvalue weighted by atomic mass is 9.33. The van der Waals surface area contributed by atoms with Gasteiger partial charge in [-0.05, 0) is 74.5 Å². The minimum absolute atomic E-state index is 0.00364. The summed E-state index contributed by atoms with van der Waals surface area (Å²) in [5, 5.41) is 0. The first-order valence-corrected chi connectivity index (χ1v) is 13.5. The van der Waals surface area contributed by atoms with Gasteiger partial charge in [-0.15, -0.1) is 0 Å². The molecule has 0 unspecified atom stereocenters. The van der Waals surface area contributed by atoms with Crippen LogP contribution >= 0.6 is 0 Å². The number of Topliss-reactive ketones (excluding diaryl/α,β-unsaturated/α-hetero) is 1. The van der Waals surface area contributed by atoms with E-state index in [4.69, 9.17) is 9.47 Å². The van der Waals surface area contributed by atoms with E-state index < -0.39 is 5.41 Å². The van der Waals surface area contributed by atoms with Gasteiger partial charge in [0.15, 0.2) is 0 Å². The highest BCUT2D eigenvalue weighted by Gasteiger charge is 2.71. The van der Waals surface area contributed by atoms with Crippen LogP contribution < -0.4 is 0 Å². The number of rotatable bonds is 3. The highest BCUT2D eigenvalue weighted by molar-refractivity contribution is 5.85. The molecule has 0 aromatic rings. The van der Waals surface area contributed by atoms with Gasteiger partial charge in [-0.3, -0.25) is 14.4 Å². The third-order valence-electron chi connectivity index (χ3n) is 11.2. The van der Waals surface area contributed by atoms with E-state index in [1.165, 1.54) is 19.6 Å². The molecule has 1 spiro atoms. The van der Waals surface area contributed by atoms with Crippen LogP contribution in [0, 0.1) is 51.8 Å². The van der Waals surface area contributed by atoms with Crippen molar-refractivity contribution < 1.29 is 23.9 Å². The lowest BCUT2D eigenvalue weighted by Crippen LogP contribution is -2.68. The van der Waals surface area contributed by atoms with Crippen molar-refractivity contribution in [2.45, 2.75) is 92.1 Å². The molecule has 5 heteroatoms. The number of ketones is 1. The number of fused-ring (bicyclic) bond motifs is 1. The normalized spacial score (nSPS) is 47.3. The quantitative estimate of drug-likeness (QED) is 0.402. The predicted octanol–water partition coefficient (Wildman–Crippen LogP) is 5.51. The van der Waals surface area contributed by atoms with Gasteiger partial charge in [0.2, 0.25) is 0 Å². The second-order valence-electron chi connectivity index (χ2n) is 12.9. The molecule has 6 aliphatic rings. The fourth-order valence-electron chi connectivity index (χ4n) is 10.1. The minimum atomic E-state index is -0.457. The SMILES string of the molecule is COC(=O)[C@]1(C)CCC[C@]2(C)[C@H]3C[C@H]4C(C(C)C)=C[C@]3(CC[C@H]21)[C@@H]1C(=O)CC[C@H](OC(C)=O)[C@@H]14. The summed E-state index contributed by atoms with van der Waals surface area (Å²) in [5.74, 6) is 1.42. The van der Waals surface area contributed by atoms with Gasteiger partial charge in [-0.25, -0.2) is 0 Å². The topological polar surface area (TPSA) is 69.7 Å². The molecule has 0 N–H and O–H groups in total. The average Bonchev–Trinajstić information content (AvgIpc) is 2.79. The highest BCUT2D eigenvalue weighted by atomic mass is 16.5. The molecule has 0 aliphatic heterocycles. The van der Waals surface area contributed by atoms with E-state index in [0.717, 1.165) is 38.5 Å². The molecule has 4 fully saturated rings. The molecular formula is C29H42O5. The van der Waals surface area contributed by atoms with E-state index in [9.17, 15) is 14.4 Å². The maximum atomic E-state index is 13.7. The second-order valence-corrected chi connectivity index (χ2v) is 12.9. The van der Waals surface area contributed by atoms with E-state index in [-0.39, 0.29) is 52.5 Å². The Morgan fingerprint density at radius 2 is 1.82 bits per heavy atom. The standard InChI is InChI=1S/C29H42O5/c1-16(2)19-15-29-13-10-22-27(4,11-7-12-28(22,5)26(32)33-6)23(29)14-18(19)24-21(34-17(3)30)9-8-20(31)25(24)29/h15-16,18,21-25H,7-14H2,1-6H3/t18-,21-,22+,23+,24-,25+,27-,28+,29-/m0/s1. The summed E-state index contributed by atoms with van der Waals surface area (Å²) in [6, 6.07) is 0. The summed E-state index contributed by atoms with van der Waals surface area (Å²) >= 11 is 0. The monoisotopic (exact) mass is 470 g/mol. The fraction of sp³-hybridized carbons (Fsp3) is 0.828. The molecule has 4 saturated carbocycles. The fourth-order valence-corrected chi connectivity index (χ4v) is 10.1. The van der Waals surface area contributed by atoms with Crippen LogP contribution in [0.15, 0.2) is 11.6 Å². The van der Waals surface area contributed by atoms with Gasteiger partial charge in [0, 0.05) is 30.6 Å². The van der Waals surface area contributed by atoms with Crippen molar-refractivity contribution in [1.82, 2.24) is 0 Å². The molecule has 0 saturated heterocycles. The molecule has 34 heavy (non-hydrogen) atoms. The van der Waals surface area contributed by atoms with Crippen LogP contribution in [0.2, 0.25) is 0 Å².